The number of fused-ring (bicyclic) bond motifs is 1. The molecule has 1 aliphatic rings. The van der Waals surface area contributed by atoms with Gasteiger partial charge in [0.2, 0.25) is 17.6 Å². The molecule has 0 aliphatic heterocycles. The Balaban J connectivity index is 1.63. The number of aromatic nitrogens is 1. The number of aromatic carboxylic acids is 1. The molecule has 0 atom stereocenters. The van der Waals surface area contributed by atoms with Gasteiger partial charge < -0.3 is 25.1 Å². The van der Waals surface area contributed by atoms with Gasteiger partial charge in [-0.2, -0.15) is 0 Å². The van der Waals surface area contributed by atoms with Gasteiger partial charge in [0.1, 0.15) is 17.1 Å². The van der Waals surface area contributed by atoms with E-state index in [0.29, 0.717) is 30.7 Å². The number of benzene rings is 1. The van der Waals surface area contributed by atoms with E-state index in [-0.39, 0.29) is 51.5 Å². The highest BCUT2D eigenvalue weighted by molar-refractivity contribution is 6.30. The van der Waals surface area contributed by atoms with E-state index < -0.39 is 17.8 Å². The highest BCUT2D eigenvalue weighted by Crippen LogP contribution is 2.36. The van der Waals surface area contributed by atoms with Crippen molar-refractivity contribution in [3.63, 3.8) is 0 Å². The van der Waals surface area contributed by atoms with E-state index in [9.17, 15) is 24.3 Å². The number of rotatable bonds is 6. The van der Waals surface area contributed by atoms with Gasteiger partial charge in [0.05, 0.1) is 16.0 Å². The Hall–Kier alpha value is -3.92. The van der Waals surface area contributed by atoms with Crippen molar-refractivity contribution >= 4 is 57.8 Å². The molecular formula is C25H25ClN4O6. The molecule has 0 saturated heterocycles. The number of hydrogen-bond acceptors (Lipinski definition) is 6. The first kappa shape index (κ1) is 25.2. The number of nitrogens with one attached hydrogen (secondary N) is 2. The van der Waals surface area contributed by atoms with Gasteiger partial charge >= 0.3 is 5.97 Å². The molecule has 1 fully saturated rings. The zero-order valence-corrected chi connectivity index (χ0v) is 20.5. The van der Waals surface area contributed by atoms with Crippen molar-refractivity contribution in [2.24, 2.45) is 11.8 Å². The minimum absolute atomic E-state index is 0.0223. The van der Waals surface area contributed by atoms with Crippen molar-refractivity contribution in [1.82, 2.24) is 9.88 Å². The first-order chi connectivity index (χ1) is 17.2. The zero-order chi connectivity index (χ0) is 26.0. The molecule has 1 saturated carbocycles. The summed E-state index contributed by atoms with van der Waals surface area (Å²) in [5.41, 5.74) is 0.00108. The van der Waals surface area contributed by atoms with Crippen LogP contribution in [0.1, 0.15) is 46.6 Å². The standard InChI is InChI=1S/C25H25ClN4O6/c1-30(2)24(33)14-8-6-13(7-9-14)22(31)29-20-19-16(25(34)35)4-3-5-17(19)36-21(20)23(32)28-18-11-10-15(26)12-27-18/h3-5,10-14H,6-9H2,1-2H3,(H,29,31)(H,34,35)(H,27,28,32). The van der Waals surface area contributed by atoms with Crippen molar-refractivity contribution in [2.75, 3.05) is 24.7 Å². The summed E-state index contributed by atoms with van der Waals surface area (Å²) in [6.07, 6.45) is 3.48. The van der Waals surface area contributed by atoms with Crippen LogP contribution in [0.5, 0.6) is 0 Å². The minimum atomic E-state index is -1.23. The zero-order valence-electron chi connectivity index (χ0n) is 19.7. The molecule has 0 spiro atoms. The monoisotopic (exact) mass is 512 g/mol. The summed E-state index contributed by atoms with van der Waals surface area (Å²) in [6, 6.07) is 7.43. The second-order valence-corrected chi connectivity index (χ2v) is 9.31. The largest absolute Gasteiger partial charge is 0.478 e. The van der Waals surface area contributed by atoms with Crippen LogP contribution in [0, 0.1) is 11.8 Å². The quantitative estimate of drug-likeness (QED) is 0.447. The van der Waals surface area contributed by atoms with Crippen molar-refractivity contribution in [2.45, 2.75) is 25.7 Å². The molecule has 4 rings (SSSR count). The summed E-state index contributed by atoms with van der Waals surface area (Å²) in [7, 11) is 3.41. The number of carboxylic acids is 1. The van der Waals surface area contributed by atoms with E-state index in [2.05, 4.69) is 15.6 Å². The van der Waals surface area contributed by atoms with E-state index in [1.807, 2.05) is 0 Å². The fourth-order valence-corrected chi connectivity index (χ4v) is 4.53. The Bertz CT molecular complexity index is 1330. The smallest absolute Gasteiger partial charge is 0.336 e. The highest BCUT2D eigenvalue weighted by atomic mass is 35.5. The van der Waals surface area contributed by atoms with Crippen LogP contribution in [-0.2, 0) is 9.59 Å². The molecule has 3 aromatic rings. The number of anilines is 2. The lowest BCUT2D eigenvalue weighted by Crippen LogP contribution is -2.35. The summed E-state index contributed by atoms with van der Waals surface area (Å²) in [5, 5.41) is 15.5. The third-order valence-corrected chi connectivity index (χ3v) is 6.48. The van der Waals surface area contributed by atoms with Gasteiger partial charge in [-0.3, -0.25) is 14.4 Å². The van der Waals surface area contributed by atoms with Crippen molar-refractivity contribution in [1.29, 1.82) is 0 Å². The predicted octanol–water partition coefficient (Wildman–Crippen LogP) is 4.26. The van der Waals surface area contributed by atoms with Gasteiger partial charge in [0.15, 0.2) is 0 Å². The molecule has 11 heteroatoms. The normalized spacial score (nSPS) is 17.4. The van der Waals surface area contributed by atoms with Crippen LogP contribution in [0.3, 0.4) is 0 Å². The Kier molecular flexibility index (Phi) is 7.25. The van der Waals surface area contributed by atoms with Gasteiger partial charge in [-0.05, 0) is 49.9 Å². The van der Waals surface area contributed by atoms with Gasteiger partial charge in [-0.15, -0.1) is 0 Å². The van der Waals surface area contributed by atoms with Gasteiger partial charge in [0, 0.05) is 32.1 Å². The van der Waals surface area contributed by atoms with Gasteiger partial charge in [-0.1, -0.05) is 17.7 Å². The number of nitrogens with zero attached hydrogens (tertiary/aromatic N) is 2. The molecule has 2 aromatic heterocycles. The van der Waals surface area contributed by atoms with Crippen molar-refractivity contribution in [3.8, 4) is 0 Å². The molecular weight excluding hydrogens is 488 g/mol. The molecule has 188 valence electrons. The first-order valence-corrected chi connectivity index (χ1v) is 11.8. The van der Waals surface area contributed by atoms with Crippen molar-refractivity contribution in [3.05, 3.63) is 52.9 Å². The molecule has 1 aliphatic carbocycles. The van der Waals surface area contributed by atoms with E-state index in [4.69, 9.17) is 16.0 Å². The Labute approximate surface area is 211 Å². The van der Waals surface area contributed by atoms with E-state index in [1.54, 1.807) is 25.1 Å². The lowest BCUT2D eigenvalue weighted by Gasteiger charge is -2.28. The van der Waals surface area contributed by atoms with E-state index >= 15 is 0 Å². The number of carbonyl (C=O) groups excluding carboxylic acids is 3. The first-order valence-electron chi connectivity index (χ1n) is 11.4. The summed E-state index contributed by atoms with van der Waals surface area (Å²) in [4.78, 5) is 56.0. The van der Waals surface area contributed by atoms with Crippen LogP contribution >= 0.6 is 11.6 Å². The van der Waals surface area contributed by atoms with E-state index in [0.717, 1.165) is 0 Å². The molecule has 3 N–H and O–H groups in total. The fourth-order valence-electron chi connectivity index (χ4n) is 4.42. The number of furan rings is 1. The number of pyridine rings is 1. The maximum Gasteiger partial charge on any atom is 0.336 e. The summed E-state index contributed by atoms with van der Waals surface area (Å²) < 4.78 is 5.72. The number of carboxylic acid groups (broad SMARTS) is 1. The molecule has 1 aromatic carbocycles. The number of carbonyl (C=O) groups is 4. The Morgan fingerprint density at radius 3 is 2.33 bits per heavy atom. The van der Waals surface area contributed by atoms with Crippen LogP contribution in [0.4, 0.5) is 11.5 Å². The van der Waals surface area contributed by atoms with Gasteiger partial charge in [-0.25, -0.2) is 9.78 Å². The highest BCUT2D eigenvalue weighted by Gasteiger charge is 2.33. The second-order valence-electron chi connectivity index (χ2n) is 8.88. The fraction of sp³-hybridized carbons (Fsp3) is 0.320. The topological polar surface area (TPSA) is 142 Å². The average Bonchev–Trinajstić information content (AvgIpc) is 3.23. The third-order valence-electron chi connectivity index (χ3n) is 6.26. The Morgan fingerprint density at radius 2 is 1.72 bits per heavy atom. The number of halogens is 1. The average molecular weight is 513 g/mol. The second kappa shape index (κ2) is 10.4. The molecule has 3 amide bonds. The maximum absolute atomic E-state index is 13.2. The molecule has 2 heterocycles. The number of hydrogen-bond donors (Lipinski definition) is 3. The summed E-state index contributed by atoms with van der Waals surface area (Å²) in [6.45, 7) is 0. The van der Waals surface area contributed by atoms with Crippen molar-refractivity contribution < 1.29 is 28.7 Å². The summed E-state index contributed by atoms with van der Waals surface area (Å²) in [5.74, 6) is -2.86. The van der Waals surface area contributed by atoms with Gasteiger partial charge in [0.25, 0.3) is 5.91 Å². The van der Waals surface area contributed by atoms with Crippen LogP contribution < -0.4 is 10.6 Å². The number of amides is 3. The Morgan fingerprint density at radius 1 is 1.03 bits per heavy atom. The summed E-state index contributed by atoms with van der Waals surface area (Å²) >= 11 is 5.85. The molecule has 0 unspecified atom stereocenters. The molecule has 10 nitrogen and oxygen atoms in total. The molecule has 0 radical (unpaired) electrons. The lowest BCUT2D eigenvalue weighted by molar-refractivity contribution is -0.135. The van der Waals surface area contributed by atoms with Crippen LogP contribution in [0.25, 0.3) is 11.0 Å². The van der Waals surface area contributed by atoms with Crippen LogP contribution in [0.2, 0.25) is 5.02 Å². The maximum atomic E-state index is 13.2. The van der Waals surface area contributed by atoms with E-state index in [1.165, 1.54) is 30.5 Å². The molecule has 36 heavy (non-hydrogen) atoms. The lowest BCUT2D eigenvalue weighted by atomic mass is 9.81. The third kappa shape index (κ3) is 5.18. The SMILES string of the molecule is CN(C)C(=O)C1CCC(C(=O)Nc2c(C(=O)Nc3ccc(Cl)cn3)oc3cccc(C(=O)O)c23)CC1. The minimum Gasteiger partial charge on any atom is -0.478 e. The molecule has 0 bridgehead atoms. The van der Waals surface area contributed by atoms with Crippen LogP contribution in [0.15, 0.2) is 40.9 Å². The van der Waals surface area contributed by atoms with Crippen LogP contribution in [-0.4, -0.2) is 52.8 Å². The predicted molar refractivity (Wildman–Crippen MR) is 133 cm³/mol.